The molecule has 0 aliphatic rings. The second kappa shape index (κ2) is 6.61. The third-order valence-corrected chi connectivity index (χ3v) is 3.78. The second-order valence-electron chi connectivity index (χ2n) is 3.66. The van der Waals surface area contributed by atoms with Gasteiger partial charge in [-0.1, -0.05) is 34.1 Å². The summed E-state index contributed by atoms with van der Waals surface area (Å²) < 4.78 is 1.04. The van der Waals surface area contributed by atoms with Gasteiger partial charge in [-0.15, -0.1) is 11.8 Å². The van der Waals surface area contributed by atoms with Gasteiger partial charge >= 0.3 is 0 Å². The Bertz CT molecular complexity index is 513. The van der Waals surface area contributed by atoms with Gasteiger partial charge in [-0.25, -0.2) is 0 Å². The highest BCUT2D eigenvalue weighted by atomic mass is 79.9. The fourth-order valence-electron chi connectivity index (χ4n) is 1.40. The van der Waals surface area contributed by atoms with Gasteiger partial charge in [-0.05, 0) is 36.4 Å². The van der Waals surface area contributed by atoms with Crippen LogP contribution < -0.4 is 5.32 Å². The van der Waals surface area contributed by atoms with Crippen LogP contribution in [0.2, 0.25) is 0 Å². The molecule has 0 aromatic heterocycles. The lowest BCUT2D eigenvalue weighted by Gasteiger charge is -2.04. The Morgan fingerprint density at radius 3 is 2.39 bits per heavy atom. The van der Waals surface area contributed by atoms with Crippen LogP contribution in [0.3, 0.4) is 0 Å². The summed E-state index contributed by atoms with van der Waals surface area (Å²) in [5.41, 5.74) is 0.832. The average molecular weight is 322 g/mol. The summed E-state index contributed by atoms with van der Waals surface area (Å²) in [7, 11) is 0. The highest BCUT2D eigenvalue weighted by Gasteiger charge is 2.03. The maximum atomic E-state index is 11.7. The SMILES string of the molecule is O=C(CSc1ccc(Br)cc1)Nc1ccccc1. The van der Waals surface area contributed by atoms with Crippen LogP contribution in [0.15, 0.2) is 64.0 Å². The molecule has 0 bridgehead atoms. The highest BCUT2D eigenvalue weighted by molar-refractivity contribution is 9.10. The summed E-state index contributed by atoms with van der Waals surface area (Å²) in [6, 6.07) is 17.4. The number of carbonyl (C=O) groups is 1. The van der Waals surface area contributed by atoms with Gasteiger partial charge in [0.25, 0.3) is 0 Å². The number of hydrogen-bond acceptors (Lipinski definition) is 2. The van der Waals surface area contributed by atoms with Crippen LogP contribution >= 0.6 is 27.7 Å². The van der Waals surface area contributed by atoms with E-state index in [9.17, 15) is 4.79 Å². The zero-order valence-corrected chi connectivity index (χ0v) is 12.0. The van der Waals surface area contributed by atoms with Crippen LogP contribution in [0.1, 0.15) is 0 Å². The third-order valence-electron chi connectivity index (χ3n) is 2.24. The fraction of sp³-hybridized carbons (Fsp3) is 0.0714. The number of rotatable bonds is 4. The molecular formula is C14H12BrNOS. The number of amides is 1. The van der Waals surface area contributed by atoms with E-state index in [2.05, 4.69) is 21.2 Å². The van der Waals surface area contributed by atoms with Gasteiger partial charge in [-0.2, -0.15) is 0 Å². The van der Waals surface area contributed by atoms with Gasteiger partial charge < -0.3 is 5.32 Å². The number of para-hydroxylation sites is 1. The van der Waals surface area contributed by atoms with Crippen molar-refractivity contribution in [3.8, 4) is 0 Å². The van der Waals surface area contributed by atoms with Crippen LogP contribution in [0, 0.1) is 0 Å². The van der Waals surface area contributed by atoms with Crippen molar-refractivity contribution in [1.82, 2.24) is 0 Å². The van der Waals surface area contributed by atoms with Gasteiger partial charge in [-0.3, -0.25) is 4.79 Å². The van der Waals surface area contributed by atoms with E-state index >= 15 is 0 Å². The van der Waals surface area contributed by atoms with Gasteiger partial charge in [0.1, 0.15) is 0 Å². The van der Waals surface area contributed by atoms with E-state index in [1.54, 1.807) is 0 Å². The van der Waals surface area contributed by atoms with Gasteiger partial charge in [0.2, 0.25) is 5.91 Å². The first kappa shape index (κ1) is 13.2. The van der Waals surface area contributed by atoms with Crippen LogP contribution in [-0.4, -0.2) is 11.7 Å². The van der Waals surface area contributed by atoms with E-state index in [1.165, 1.54) is 11.8 Å². The maximum Gasteiger partial charge on any atom is 0.234 e. The van der Waals surface area contributed by atoms with Crippen molar-refractivity contribution in [2.24, 2.45) is 0 Å². The minimum Gasteiger partial charge on any atom is -0.325 e. The molecule has 0 saturated heterocycles. The van der Waals surface area contributed by atoms with Crippen molar-refractivity contribution in [1.29, 1.82) is 0 Å². The van der Waals surface area contributed by atoms with E-state index in [-0.39, 0.29) is 5.91 Å². The van der Waals surface area contributed by atoms with Gasteiger partial charge in [0.05, 0.1) is 5.75 Å². The largest absolute Gasteiger partial charge is 0.325 e. The second-order valence-corrected chi connectivity index (χ2v) is 5.62. The van der Waals surface area contributed by atoms with Crippen LogP contribution in [0.25, 0.3) is 0 Å². The van der Waals surface area contributed by atoms with Crippen molar-refractivity contribution < 1.29 is 4.79 Å². The lowest BCUT2D eigenvalue weighted by Crippen LogP contribution is -2.13. The molecule has 0 spiro atoms. The number of benzene rings is 2. The summed E-state index contributed by atoms with van der Waals surface area (Å²) in [6.45, 7) is 0. The Balaban J connectivity index is 1.83. The molecule has 1 amide bonds. The van der Waals surface area contributed by atoms with Crippen molar-refractivity contribution in [2.75, 3.05) is 11.1 Å². The summed E-state index contributed by atoms with van der Waals surface area (Å²) in [5.74, 6) is 0.422. The van der Waals surface area contributed by atoms with Crippen LogP contribution in [0.4, 0.5) is 5.69 Å². The molecule has 0 saturated carbocycles. The first-order valence-corrected chi connectivity index (χ1v) is 7.25. The van der Waals surface area contributed by atoms with E-state index < -0.39 is 0 Å². The van der Waals surface area contributed by atoms with E-state index in [4.69, 9.17) is 0 Å². The molecular weight excluding hydrogens is 310 g/mol. The van der Waals surface area contributed by atoms with E-state index in [0.29, 0.717) is 5.75 Å². The van der Waals surface area contributed by atoms with Crippen LogP contribution in [0.5, 0.6) is 0 Å². The van der Waals surface area contributed by atoms with Crippen molar-refractivity contribution in [2.45, 2.75) is 4.90 Å². The molecule has 2 aromatic rings. The molecule has 2 rings (SSSR count). The Kier molecular flexibility index (Phi) is 4.84. The predicted molar refractivity (Wildman–Crippen MR) is 79.9 cm³/mol. The van der Waals surface area contributed by atoms with Gasteiger partial charge in [0, 0.05) is 15.1 Å². The molecule has 4 heteroatoms. The molecule has 0 heterocycles. The Morgan fingerprint density at radius 1 is 1.06 bits per heavy atom. The minimum absolute atomic E-state index is 0.00844. The number of nitrogens with one attached hydrogen (secondary N) is 1. The zero-order chi connectivity index (χ0) is 12.8. The first-order chi connectivity index (χ1) is 8.74. The molecule has 0 atom stereocenters. The normalized spacial score (nSPS) is 10.1. The Morgan fingerprint density at radius 2 is 1.72 bits per heavy atom. The molecule has 0 fully saturated rings. The Hall–Kier alpha value is -1.26. The molecule has 2 nitrogen and oxygen atoms in total. The first-order valence-electron chi connectivity index (χ1n) is 5.47. The number of thioether (sulfide) groups is 1. The highest BCUT2D eigenvalue weighted by Crippen LogP contribution is 2.20. The standard InChI is InChI=1S/C14H12BrNOS/c15-11-6-8-13(9-7-11)18-10-14(17)16-12-4-2-1-3-5-12/h1-9H,10H2,(H,16,17). The molecule has 0 radical (unpaired) electrons. The quantitative estimate of drug-likeness (QED) is 0.856. The average Bonchev–Trinajstić information content (AvgIpc) is 2.39. The van der Waals surface area contributed by atoms with Crippen molar-refractivity contribution >= 4 is 39.3 Å². The minimum atomic E-state index is 0.00844. The molecule has 2 aromatic carbocycles. The molecule has 0 unspecified atom stereocenters. The summed E-state index contributed by atoms with van der Waals surface area (Å²) in [4.78, 5) is 12.8. The van der Waals surface area contributed by atoms with E-state index in [0.717, 1.165) is 15.1 Å². The van der Waals surface area contributed by atoms with Gasteiger partial charge in [0.15, 0.2) is 0 Å². The topological polar surface area (TPSA) is 29.1 Å². The summed E-state index contributed by atoms with van der Waals surface area (Å²) in [5, 5.41) is 2.85. The third kappa shape index (κ3) is 4.20. The smallest absolute Gasteiger partial charge is 0.234 e. The molecule has 1 N–H and O–H groups in total. The lowest BCUT2D eigenvalue weighted by molar-refractivity contribution is -0.113. The van der Waals surface area contributed by atoms with Crippen molar-refractivity contribution in [3.63, 3.8) is 0 Å². The summed E-state index contributed by atoms with van der Waals surface area (Å²) in [6.07, 6.45) is 0. The monoisotopic (exact) mass is 321 g/mol. The number of anilines is 1. The maximum absolute atomic E-state index is 11.7. The van der Waals surface area contributed by atoms with Crippen molar-refractivity contribution in [3.05, 3.63) is 59.1 Å². The Labute approximate surface area is 119 Å². The number of hydrogen-bond donors (Lipinski definition) is 1. The molecule has 92 valence electrons. The number of carbonyl (C=O) groups excluding carboxylic acids is 1. The van der Waals surface area contributed by atoms with Crippen LogP contribution in [-0.2, 0) is 4.79 Å². The zero-order valence-electron chi connectivity index (χ0n) is 9.60. The molecule has 18 heavy (non-hydrogen) atoms. The predicted octanol–water partition coefficient (Wildman–Crippen LogP) is 4.18. The fourth-order valence-corrected chi connectivity index (χ4v) is 2.36. The number of halogens is 1. The molecule has 0 aliphatic heterocycles. The summed E-state index contributed by atoms with van der Waals surface area (Å²) >= 11 is 4.90. The molecule has 0 aliphatic carbocycles. The van der Waals surface area contributed by atoms with E-state index in [1.807, 2.05) is 54.6 Å². The lowest BCUT2D eigenvalue weighted by atomic mass is 10.3.